The molecule has 1 nitrogen and oxygen atoms in total. The maximum Gasteiger partial charge on any atom is 0.0393 e. The molecule has 50 valence electrons. The lowest BCUT2D eigenvalue weighted by atomic mass is 10.3. The van der Waals surface area contributed by atoms with Gasteiger partial charge in [0.05, 0.1) is 0 Å². The predicted molar refractivity (Wildman–Crippen MR) is 42.7 cm³/mol. The lowest BCUT2D eigenvalue weighted by Gasteiger charge is -1.89. The molecule has 9 heavy (non-hydrogen) atoms. The Morgan fingerprint density at radius 3 is 2.67 bits per heavy atom. The Balaban J connectivity index is 3.90. The van der Waals surface area contributed by atoms with Crippen LogP contribution in [0.25, 0.3) is 0 Å². The smallest absolute Gasteiger partial charge is 0.0393 e. The standard InChI is InChI=1S/C8H13N/c1-4-6-7-8(5-2)9-3/h4,6-7H,3,5H2,1-2H3/b6-4-,8-7-. The second kappa shape index (κ2) is 5.29. The van der Waals surface area contributed by atoms with Crippen LogP contribution in [0, 0.1) is 0 Å². The van der Waals surface area contributed by atoms with Gasteiger partial charge in [0.2, 0.25) is 0 Å². The van der Waals surface area contributed by atoms with Gasteiger partial charge in [-0.25, -0.2) is 0 Å². The van der Waals surface area contributed by atoms with Gasteiger partial charge in [-0.1, -0.05) is 19.1 Å². The lowest BCUT2D eigenvalue weighted by molar-refractivity contribution is 1.07. The maximum absolute atomic E-state index is 3.80. The van der Waals surface area contributed by atoms with Crippen molar-refractivity contribution in [2.24, 2.45) is 4.99 Å². The first-order valence-corrected chi connectivity index (χ1v) is 3.13. The fourth-order valence-corrected chi connectivity index (χ4v) is 0.490. The van der Waals surface area contributed by atoms with Crippen molar-refractivity contribution in [1.29, 1.82) is 0 Å². The lowest BCUT2D eigenvalue weighted by Crippen LogP contribution is -1.70. The summed E-state index contributed by atoms with van der Waals surface area (Å²) in [5.74, 6) is 0. The molecular weight excluding hydrogens is 110 g/mol. The summed E-state index contributed by atoms with van der Waals surface area (Å²) in [5.41, 5.74) is 1.04. The summed E-state index contributed by atoms with van der Waals surface area (Å²) < 4.78 is 0. The van der Waals surface area contributed by atoms with E-state index in [0.717, 1.165) is 12.1 Å². The third-order valence-corrected chi connectivity index (χ3v) is 1.05. The van der Waals surface area contributed by atoms with Crippen molar-refractivity contribution in [1.82, 2.24) is 0 Å². The minimum Gasteiger partial charge on any atom is -0.269 e. The summed E-state index contributed by atoms with van der Waals surface area (Å²) >= 11 is 0. The van der Waals surface area contributed by atoms with Crippen molar-refractivity contribution < 1.29 is 0 Å². The molecule has 0 radical (unpaired) electrons. The molecule has 0 N–H and O–H groups in total. The third-order valence-electron chi connectivity index (χ3n) is 1.05. The summed E-state index contributed by atoms with van der Waals surface area (Å²) in [6.45, 7) is 7.47. The SMILES string of the molecule is C=N/C(=C\C=C/C)CC. The largest absolute Gasteiger partial charge is 0.269 e. The van der Waals surface area contributed by atoms with Crippen LogP contribution in [-0.4, -0.2) is 6.72 Å². The molecule has 0 saturated heterocycles. The van der Waals surface area contributed by atoms with Gasteiger partial charge in [0.1, 0.15) is 0 Å². The van der Waals surface area contributed by atoms with Gasteiger partial charge in [0, 0.05) is 5.70 Å². The minimum absolute atomic E-state index is 0.952. The van der Waals surface area contributed by atoms with E-state index in [-0.39, 0.29) is 0 Å². The highest BCUT2D eigenvalue weighted by atomic mass is 14.7. The molecule has 0 spiro atoms. The Morgan fingerprint density at radius 2 is 2.33 bits per heavy atom. The zero-order chi connectivity index (χ0) is 7.11. The molecule has 0 aliphatic heterocycles. The van der Waals surface area contributed by atoms with E-state index in [1.54, 1.807) is 0 Å². The van der Waals surface area contributed by atoms with E-state index in [2.05, 4.69) is 18.6 Å². The van der Waals surface area contributed by atoms with Crippen molar-refractivity contribution in [2.45, 2.75) is 20.3 Å². The van der Waals surface area contributed by atoms with Crippen molar-refractivity contribution >= 4 is 6.72 Å². The zero-order valence-corrected chi connectivity index (χ0v) is 6.09. The highest BCUT2D eigenvalue weighted by Crippen LogP contribution is 1.99. The highest BCUT2D eigenvalue weighted by Gasteiger charge is 1.81. The van der Waals surface area contributed by atoms with Gasteiger partial charge in [0.15, 0.2) is 0 Å². The molecule has 0 atom stereocenters. The number of rotatable bonds is 3. The van der Waals surface area contributed by atoms with E-state index in [1.165, 1.54) is 0 Å². The molecule has 0 aromatic heterocycles. The fraction of sp³-hybridized carbons (Fsp3) is 0.375. The first-order chi connectivity index (χ1) is 4.35. The van der Waals surface area contributed by atoms with E-state index in [4.69, 9.17) is 0 Å². The Morgan fingerprint density at radius 1 is 1.67 bits per heavy atom. The van der Waals surface area contributed by atoms with Crippen molar-refractivity contribution in [2.75, 3.05) is 0 Å². The van der Waals surface area contributed by atoms with Gasteiger partial charge >= 0.3 is 0 Å². The molecule has 0 saturated carbocycles. The number of aliphatic imine (C=N–C) groups is 1. The van der Waals surface area contributed by atoms with Crippen molar-refractivity contribution in [3.05, 3.63) is 23.9 Å². The molecule has 1 heteroatoms. The molecule has 0 aliphatic carbocycles. The monoisotopic (exact) mass is 123 g/mol. The highest BCUT2D eigenvalue weighted by molar-refractivity contribution is 5.29. The molecular formula is C8H13N. The molecule has 0 amide bonds. The van der Waals surface area contributed by atoms with Crippen molar-refractivity contribution in [3.8, 4) is 0 Å². The van der Waals surface area contributed by atoms with Gasteiger partial charge in [-0.15, -0.1) is 0 Å². The summed E-state index contributed by atoms with van der Waals surface area (Å²) in [7, 11) is 0. The fourth-order valence-electron chi connectivity index (χ4n) is 0.490. The van der Waals surface area contributed by atoms with Crippen LogP contribution < -0.4 is 0 Å². The van der Waals surface area contributed by atoms with Crippen LogP contribution in [0.5, 0.6) is 0 Å². The molecule has 0 unspecified atom stereocenters. The normalized spacial score (nSPS) is 12.4. The zero-order valence-electron chi connectivity index (χ0n) is 6.09. The predicted octanol–water partition coefficient (Wildman–Crippen LogP) is 2.56. The second-order valence-electron chi connectivity index (χ2n) is 1.70. The van der Waals surface area contributed by atoms with E-state index in [0.29, 0.717) is 0 Å². The van der Waals surface area contributed by atoms with E-state index in [9.17, 15) is 0 Å². The summed E-state index contributed by atoms with van der Waals surface area (Å²) in [4.78, 5) is 3.80. The molecule has 0 fully saturated rings. The topological polar surface area (TPSA) is 12.4 Å². The Bertz CT molecular complexity index is 132. The average molecular weight is 123 g/mol. The van der Waals surface area contributed by atoms with Crippen LogP contribution >= 0.6 is 0 Å². The summed E-state index contributed by atoms with van der Waals surface area (Å²) in [6, 6.07) is 0. The summed E-state index contributed by atoms with van der Waals surface area (Å²) in [5, 5.41) is 0. The number of nitrogens with zero attached hydrogens (tertiary/aromatic N) is 1. The van der Waals surface area contributed by atoms with Crippen LogP contribution in [0.3, 0.4) is 0 Å². The maximum atomic E-state index is 3.80. The molecule has 0 bridgehead atoms. The quantitative estimate of drug-likeness (QED) is 0.404. The minimum atomic E-state index is 0.952. The van der Waals surface area contributed by atoms with Crippen LogP contribution in [0.2, 0.25) is 0 Å². The molecule has 0 rings (SSSR count). The third kappa shape index (κ3) is 3.71. The summed E-state index contributed by atoms with van der Waals surface area (Å²) in [6.07, 6.45) is 6.86. The van der Waals surface area contributed by atoms with Crippen LogP contribution in [0.1, 0.15) is 20.3 Å². The first kappa shape index (κ1) is 8.15. The van der Waals surface area contributed by atoms with Crippen LogP contribution in [0.15, 0.2) is 28.9 Å². The van der Waals surface area contributed by atoms with Gasteiger partial charge in [-0.05, 0) is 26.1 Å². The van der Waals surface area contributed by atoms with Crippen LogP contribution in [-0.2, 0) is 0 Å². The number of allylic oxidation sites excluding steroid dienone is 4. The number of hydrogen-bond donors (Lipinski definition) is 0. The first-order valence-electron chi connectivity index (χ1n) is 3.13. The van der Waals surface area contributed by atoms with E-state index in [1.807, 2.05) is 25.2 Å². The average Bonchev–Trinajstić information content (AvgIpc) is 1.91. The molecule has 0 aromatic carbocycles. The van der Waals surface area contributed by atoms with Crippen LogP contribution in [0.4, 0.5) is 0 Å². The van der Waals surface area contributed by atoms with Gasteiger partial charge < -0.3 is 0 Å². The second-order valence-corrected chi connectivity index (χ2v) is 1.70. The number of hydrogen-bond acceptors (Lipinski definition) is 1. The van der Waals surface area contributed by atoms with E-state index < -0.39 is 0 Å². The molecule has 0 heterocycles. The Kier molecular flexibility index (Phi) is 4.79. The van der Waals surface area contributed by atoms with Crippen molar-refractivity contribution in [3.63, 3.8) is 0 Å². The van der Waals surface area contributed by atoms with Gasteiger partial charge in [0.25, 0.3) is 0 Å². The Hall–Kier alpha value is -0.850. The molecule has 0 aliphatic rings. The van der Waals surface area contributed by atoms with Gasteiger partial charge in [-0.2, -0.15) is 0 Å². The van der Waals surface area contributed by atoms with Gasteiger partial charge in [-0.3, -0.25) is 4.99 Å². The Labute approximate surface area is 56.8 Å². The molecule has 0 aromatic rings. The van der Waals surface area contributed by atoms with E-state index >= 15 is 0 Å².